The maximum atomic E-state index is 12.6. The normalized spacial score (nSPS) is 15.1. The molecule has 0 radical (unpaired) electrons. The van der Waals surface area contributed by atoms with Gasteiger partial charge in [0.1, 0.15) is 5.75 Å². The quantitative estimate of drug-likeness (QED) is 0.339. The predicted octanol–water partition coefficient (Wildman–Crippen LogP) is 3.25. The van der Waals surface area contributed by atoms with Crippen LogP contribution in [0.5, 0.6) is 5.75 Å². The Hall–Kier alpha value is -1.99. The van der Waals surface area contributed by atoms with E-state index in [4.69, 9.17) is 26.8 Å². The van der Waals surface area contributed by atoms with Gasteiger partial charge in [0, 0.05) is 31.6 Å². The largest absolute Gasteiger partial charge is 0.496 e. The average molecular weight is 426 g/mol. The molecule has 1 aliphatic heterocycles. The molecule has 2 rings (SSSR count). The Bertz CT molecular complexity index is 691. The van der Waals surface area contributed by atoms with Gasteiger partial charge in [-0.25, -0.2) is 0 Å². The second-order valence-electron chi connectivity index (χ2n) is 7.28. The number of ether oxygens (including phenoxy) is 2. The molecule has 29 heavy (non-hydrogen) atoms. The van der Waals surface area contributed by atoms with Crippen LogP contribution in [-0.2, 0) is 9.53 Å². The van der Waals surface area contributed by atoms with E-state index in [0.29, 0.717) is 35.1 Å². The van der Waals surface area contributed by atoms with Crippen LogP contribution in [0, 0.1) is 0 Å². The number of likely N-dealkylation sites (tertiary alicyclic amines) is 1. The van der Waals surface area contributed by atoms with Gasteiger partial charge >= 0.3 is 5.97 Å². The van der Waals surface area contributed by atoms with Crippen LogP contribution >= 0.6 is 11.6 Å². The Morgan fingerprint density at radius 2 is 1.97 bits per heavy atom. The molecule has 8 heteroatoms. The van der Waals surface area contributed by atoms with E-state index in [1.165, 1.54) is 7.11 Å². The molecule has 0 aromatic heterocycles. The first kappa shape index (κ1) is 23.3. The van der Waals surface area contributed by atoms with Crippen molar-refractivity contribution < 1.29 is 19.1 Å². The van der Waals surface area contributed by atoms with Crippen LogP contribution in [0.3, 0.4) is 0 Å². The van der Waals surface area contributed by atoms with Gasteiger partial charge in [-0.2, -0.15) is 0 Å². The first-order chi connectivity index (χ1) is 13.9. The van der Waals surface area contributed by atoms with Gasteiger partial charge in [-0.05, 0) is 45.2 Å². The topological polar surface area (TPSA) is 93.9 Å². The zero-order valence-electron chi connectivity index (χ0n) is 17.3. The average Bonchev–Trinajstić information content (AvgIpc) is 2.70. The summed E-state index contributed by atoms with van der Waals surface area (Å²) in [4.78, 5) is 26.4. The Balaban J connectivity index is 1.70. The van der Waals surface area contributed by atoms with Gasteiger partial charge in [0.05, 0.1) is 30.0 Å². The lowest BCUT2D eigenvalue weighted by Crippen LogP contribution is -2.44. The molecule has 1 aromatic carbocycles. The van der Waals surface area contributed by atoms with Gasteiger partial charge < -0.3 is 25.4 Å². The number of hydrogen-bond acceptors (Lipinski definition) is 6. The lowest BCUT2D eigenvalue weighted by Gasteiger charge is -2.32. The molecule has 1 saturated heterocycles. The molecule has 3 N–H and O–H groups in total. The molecular weight excluding hydrogens is 394 g/mol. The van der Waals surface area contributed by atoms with E-state index in [9.17, 15) is 9.59 Å². The molecule has 0 unspecified atom stereocenters. The molecule has 0 bridgehead atoms. The van der Waals surface area contributed by atoms with Crippen LogP contribution in [0.25, 0.3) is 0 Å². The first-order valence-corrected chi connectivity index (χ1v) is 10.6. The highest BCUT2D eigenvalue weighted by molar-refractivity contribution is 6.33. The molecule has 7 nitrogen and oxygen atoms in total. The number of nitrogens with zero attached hydrogens (tertiary/aromatic N) is 1. The van der Waals surface area contributed by atoms with E-state index >= 15 is 0 Å². The molecule has 1 aromatic rings. The summed E-state index contributed by atoms with van der Waals surface area (Å²) < 4.78 is 10.2. The predicted molar refractivity (Wildman–Crippen MR) is 114 cm³/mol. The number of halogens is 1. The molecule has 0 saturated carbocycles. The van der Waals surface area contributed by atoms with Crippen LogP contribution in [0.2, 0.25) is 5.02 Å². The summed E-state index contributed by atoms with van der Waals surface area (Å²) in [5.41, 5.74) is 6.56. The maximum absolute atomic E-state index is 12.6. The number of unbranched alkanes of at least 4 members (excludes halogenated alkanes) is 2. The highest BCUT2D eigenvalue weighted by Gasteiger charge is 2.23. The number of esters is 1. The van der Waals surface area contributed by atoms with Gasteiger partial charge in [-0.1, -0.05) is 18.0 Å². The van der Waals surface area contributed by atoms with Crippen molar-refractivity contribution in [2.45, 2.75) is 51.5 Å². The summed E-state index contributed by atoms with van der Waals surface area (Å²) in [6.07, 6.45) is 5.27. The number of carbonyl (C=O) groups excluding carboxylic acids is 2. The van der Waals surface area contributed by atoms with E-state index < -0.39 is 0 Å². The second kappa shape index (κ2) is 11.9. The monoisotopic (exact) mass is 425 g/mol. The fourth-order valence-corrected chi connectivity index (χ4v) is 3.66. The van der Waals surface area contributed by atoms with Gasteiger partial charge in [0.25, 0.3) is 5.91 Å². The number of anilines is 1. The molecule has 1 heterocycles. The van der Waals surface area contributed by atoms with E-state index in [-0.39, 0.29) is 17.9 Å². The lowest BCUT2D eigenvalue weighted by atomic mass is 10.0. The van der Waals surface area contributed by atoms with Crippen LogP contribution < -0.4 is 15.8 Å². The summed E-state index contributed by atoms with van der Waals surface area (Å²) in [5.74, 6) is 0.119. The molecule has 0 aliphatic carbocycles. The van der Waals surface area contributed by atoms with Crippen molar-refractivity contribution in [2.24, 2.45) is 0 Å². The Morgan fingerprint density at radius 1 is 1.24 bits per heavy atom. The number of amides is 1. The number of methoxy groups -OCH3 is 1. The summed E-state index contributed by atoms with van der Waals surface area (Å²) in [6.45, 7) is 5.18. The molecule has 0 spiro atoms. The summed E-state index contributed by atoms with van der Waals surface area (Å²) in [5, 5.41) is 3.42. The Kier molecular flexibility index (Phi) is 9.54. The minimum absolute atomic E-state index is 0.108. The van der Waals surface area contributed by atoms with Gasteiger partial charge in [0.2, 0.25) is 0 Å². The van der Waals surface area contributed by atoms with Crippen molar-refractivity contribution in [1.82, 2.24) is 10.2 Å². The Labute approximate surface area is 177 Å². The summed E-state index contributed by atoms with van der Waals surface area (Å²) in [6, 6.07) is 3.25. The zero-order chi connectivity index (χ0) is 21.2. The van der Waals surface area contributed by atoms with E-state index in [0.717, 1.165) is 51.7 Å². The molecule has 162 valence electrons. The van der Waals surface area contributed by atoms with Crippen molar-refractivity contribution >= 4 is 29.2 Å². The van der Waals surface area contributed by atoms with E-state index in [1.54, 1.807) is 12.1 Å². The van der Waals surface area contributed by atoms with Crippen molar-refractivity contribution in [3.8, 4) is 5.75 Å². The third-order valence-corrected chi connectivity index (χ3v) is 5.47. The third-order valence-electron chi connectivity index (χ3n) is 5.15. The summed E-state index contributed by atoms with van der Waals surface area (Å²) in [7, 11) is 1.50. The number of rotatable bonds is 10. The van der Waals surface area contributed by atoms with Crippen LogP contribution in [0.15, 0.2) is 12.1 Å². The molecule has 0 atom stereocenters. The molecular formula is C21H32ClN3O4. The fourth-order valence-electron chi connectivity index (χ4n) is 3.49. The van der Waals surface area contributed by atoms with E-state index in [1.807, 2.05) is 6.92 Å². The zero-order valence-corrected chi connectivity index (χ0v) is 18.1. The highest BCUT2D eigenvalue weighted by atomic mass is 35.5. The minimum Gasteiger partial charge on any atom is -0.496 e. The van der Waals surface area contributed by atoms with Crippen molar-refractivity contribution in [2.75, 3.05) is 39.1 Å². The van der Waals surface area contributed by atoms with Crippen molar-refractivity contribution in [3.05, 3.63) is 22.7 Å². The SMILES string of the molecule is CCOC(=O)CCCCCN1CCC(NC(=O)c2cc(Cl)c(N)cc2OC)CC1. The number of nitrogen functional groups attached to an aromatic ring is 1. The number of benzene rings is 1. The summed E-state index contributed by atoms with van der Waals surface area (Å²) >= 11 is 6.06. The van der Waals surface area contributed by atoms with E-state index in [2.05, 4.69) is 10.2 Å². The number of carbonyl (C=O) groups is 2. The minimum atomic E-state index is -0.193. The molecule has 1 amide bonds. The molecule has 1 aliphatic rings. The van der Waals surface area contributed by atoms with Crippen molar-refractivity contribution in [1.29, 1.82) is 0 Å². The second-order valence-corrected chi connectivity index (χ2v) is 7.69. The first-order valence-electron chi connectivity index (χ1n) is 10.3. The van der Waals surface area contributed by atoms with Crippen LogP contribution in [0.4, 0.5) is 5.69 Å². The van der Waals surface area contributed by atoms with Crippen LogP contribution in [0.1, 0.15) is 55.8 Å². The van der Waals surface area contributed by atoms with Crippen molar-refractivity contribution in [3.63, 3.8) is 0 Å². The third kappa shape index (κ3) is 7.40. The van der Waals surface area contributed by atoms with Gasteiger partial charge in [-0.3, -0.25) is 9.59 Å². The van der Waals surface area contributed by atoms with Gasteiger partial charge in [0.15, 0.2) is 0 Å². The van der Waals surface area contributed by atoms with Crippen LogP contribution in [-0.4, -0.2) is 56.2 Å². The lowest BCUT2D eigenvalue weighted by molar-refractivity contribution is -0.143. The highest BCUT2D eigenvalue weighted by Crippen LogP contribution is 2.29. The van der Waals surface area contributed by atoms with Gasteiger partial charge in [-0.15, -0.1) is 0 Å². The standard InChI is InChI=1S/C21H32ClN3O4/c1-3-29-20(26)7-5-4-6-10-25-11-8-15(9-12-25)24-21(27)16-13-17(22)18(23)14-19(16)28-2/h13-15H,3-12,23H2,1-2H3,(H,24,27). The number of hydrogen-bond donors (Lipinski definition) is 2. The number of nitrogens with two attached hydrogens (primary N) is 1. The maximum Gasteiger partial charge on any atom is 0.305 e. The molecule has 1 fully saturated rings. The smallest absolute Gasteiger partial charge is 0.305 e. The number of piperidine rings is 1. The fraction of sp³-hybridized carbons (Fsp3) is 0.619. The Morgan fingerprint density at radius 3 is 2.62 bits per heavy atom. The number of nitrogens with one attached hydrogen (secondary N) is 1.